The second-order valence-electron chi connectivity index (χ2n) is 8.33. The maximum Gasteiger partial charge on any atom is 0.249 e. The molecule has 2 aromatic rings. The Hall–Kier alpha value is -2.66. The van der Waals surface area contributed by atoms with Crippen LogP contribution in [0, 0.1) is 5.92 Å². The monoisotopic (exact) mass is 408 g/mol. The maximum atomic E-state index is 13.3. The van der Waals surface area contributed by atoms with E-state index in [-0.39, 0.29) is 23.8 Å². The molecule has 2 amide bonds. The Morgan fingerprint density at radius 1 is 1.00 bits per heavy atom. The molecule has 1 atom stereocenters. The predicted octanol–water partition coefficient (Wildman–Crippen LogP) is 4.10. The standard InChI is InChI=1S/C25H32N2O3/c1-19(2)17-23(28)26-24(21-11-7-4-8-12-21)25(29)27-15-13-22(14-16-27)30-18-20-9-5-3-6-10-20/h3-12,19,22,24H,13-18H2,1-2H3,(H,26,28). The van der Waals surface area contributed by atoms with E-state index < -0.39 is 6.04 Å². The molecule has 160 valence electrons. The van der Waals surface area contributed by atoms with Gasteiger partial charge in [0.25, 0.3) is 0 Å². The predicted molar refractivity (Wildman–Crippen MR) is 118 cm³/mol. The average Bonchev–Trinajstić information content (AvgIpc) is 2.77. The van der Waals surface area contributed by atoms with Gasteiger partial charge in [-0.2, -0.15) is 0 Å². The van der Waals surface area contributed by atoms with Crippen LogP contribution in [0.5, 0.6) is 0 Å². The Kier molecular flexibility index (Phi) is 8.03. The van der Waals surface area contributed by atoms with Crippen LogP contribution in [-0.2, 0) is 20.9 Å². The van der Waals surface area contributed by atoms with Gasteiger partial charge in [0.1, 0.15) is 6.04 Å². The maximum absolute atomic E-state index is 13.3. The Bertz CT molecular complexity index is 800. The first kappa shape index (κ1) is 22.0. The van der Waals surface area contributed by atoms with E-state index in [0.29, 0.717) is 26.1 Å². The minimum Gasteiger partial charge on any atom is -0.373 e. The number of carbonyl (C=O) groups excluding carboxylic acids is 2. The van der Waals surface area contributed by atoms with Gasteiger partial charge in [-0.05, 0) is 29.9 Å². The molecule has 0 spiro atoms. The van der Waals surface area contributed by atoms with Gasteiger partial charge in [-0.1, -0.05) is 74.5 Å². The highest BCUT2D eigenvalue weighted by molar-refractivity contribution is 5.88. The molecule has 1 heterocycles. The van der Waals surface area contributed by atoms with Gasteiger partial charge in [0.15, 0.2) is 0 Å². The van der Waals surface area contributed by atoms with E-state index >= 15 is 0 Å². The minimum atomic E-state index is -0.640. The van der Waals surface area contributed by atoms with Crippen molar-refractivity contribution in [3.05, 3.63) is 71.8 Å². The van der Waals surface area contributed by atoms with E-state index in [2.05, 4.69) is 17.4 Å². The summed E-state index contributed by atoms with van der Waals surface area (Å²) in [5.74, 6) is 0.113. The number of likely N-dealkylation sites (tertiary alicyclic amines) is 1. The topological polar surface area (TPSA) is 58.6 Å². The van der Waals surface area contributed by atoms with Gasteiger partial charge in [0, 0.05) is 19.5 Å². The second kappa shape index (κ2) is 10.9. The lowest BCUT2D eigenvalue weighted by Crippen LogP contribution is -2.47. The average molecular weight is 409 g/mol. The lowest BCUT2D eigenvalue weighted by Gasteiger charge is -2.34. The summed E-state index contributed by atoms with van der Waals surface area (Å²) < 4.78 is 6.04. The van der Waals surface area contributed by atoms with Crippen molar-refractivity contribution in [2.24, 2.45) is 5.92 Å². The molecule has 0 bridgehead atoms. The number of nitrogens with zero attached hydrogens (tertiary/aromatic N) is 1. The van der Waals surface area contributed by atoms with Crippen LogP contribution < -0.4 is 5.32 Å². The van der Waals surface area contributed by atoms with Gasteiger partial charge >= 0.3 is 0 Å². The van der Waals surface area contributed by atoms with Crippen LogP contribution >= 0.6 is 0 Å². The molecule has 1 fully saturated rings. The van der Waals surface area contributed by atoms with Crippen molar-refractivity contribution in [1.29, 1.82) is 0 Å². The van der Waals surface area contributed by atoms with E-state index in [1.165, 1.54) is 0 Å². The summed E-state index contributed by atoms with van der Waals surface area (Å²) >= 11 is 0. The normalized spacial score (nSPS) is 15.8. The molecular weight excluding hydrogens is 376 g/mol. The van der Waals surface area contributed by atoms with Gasteiger partial charge < -0.3 is 15.0 Å². The lowest BCUT2D eigenvalue weighted by atomic mass is 10.0. The minimum absolute atomic E-state index is 0.0418. The molecule has 0 saturated carbocycles. The quantitative estimate of drug-likeness (QED) is 0.715. The molecule has 1 aliphatic heterocycles. The number of amides is 2. The number of hydrogen-bond acceptors (Lipinski definition) is 3. The number of hydrogen-bond donors (Lipinski definition) is 1. The van der Waals surface area contributed by atoms with Crippen molar-refractivity contribution in [3.8, 4) is 0 Å². The molecule has 3 rings (SSSR count). The van der Waals surface area contributed by atoms with Crippen molar-refractivity contribution >= 4 is 11.8 Å². The van der Waals surface area contributed by atoms with Crippen LogP contribution in [0.25, 0.3) is 0 Å². The van der Waals surface area contributed by atoms with Crippen LogP contribution in [0.4, 0.5) is 0 Å². The van der Waals surface area contributed by atoms with Crippen LogP contribution in [0.15, 0.2) is 60.7 Å². The highest BCUT2D eigenvalue weighted by Gasteiger charge is 2.30. The fraction of sp³-hybridized carbons (Fsp3) is 0.440. The molecule has 1 aliphatic rings. The van der Waals surface area contributed by atoms with Crippen molar-refractivity contribution in [3.63, 3.8) is 0 Å². The Balaban J connectivity index is 1.57. The molecule has 2 aromatic carbocycles. The third kappa shape index (κ3) is 6.42. The van der Waals surface area contributed by atoms with E-state index in [1.54, 1.807) is 0 Å². The Morgan fingerprint density at radius 3 is 2.20 bits per heavy atom. The first-order valence-corrected chi connectivity index (χ1v) is 10.8. The molecule has 30 heavy (non-hydrogen) atoms. The number of carbonyl (C=O) groups is 2. The van der Waals surface area contributed by atoms with Gasteiger partial charge in [-0.25, -0.2) is 0 Å². The number of nitrogens with one attached hydrogen (secondary N) is 1. The molecule has 0 aromatic heterocycles. The largest absolute Gasteiger partial charge is 0.373 e. The number of rotatable bonds is 8. The summed E-state index contributed by atoms with van der Waals surface area (Å²) in [6, 6.07) is 19.0. The molecule has 1 saturated heterocycles. The fourth-order valence-electron chi connectivity index (χ4n) is 3.74. The molecule has 1 unspecified atom stereocenters. The Morgan fingerprint density at radius 2 is 1.60 bits per heavy atom. The summed E-state index contributed by atoms with van der Waals surface area (Å²) in [6.45, 7) is 5.87. The third-order valence-corrected chi connectivity index (χ3v) is 5.36. The highest BCUT2D eigenvalue weighted by atomic mass is 16.5. The molecule has 5 heteroatoms. The van der Waals surface area contributed by atoms with Crippen molar-refractivity contribution in [1.82, 2.24) is 10.2 Å². The zero-order valence-electron chi connectivity index (χ0n) is 17.9. The van der Waals surface area contributed by atoms with Gasteiger partial charge in [0.05, 0.1) is 12.7 Å². The SMILES string of the molecule is CC(C)CC(=O)NC(C(=O)N1CCC(OCc2ccccc2)CC1)c1ccccc1. The highest BCUT2D eigenvalue weighted by Crippen LogP contribution is 2.21. The zero-order chi connectivity index (χ0) is 21.3. The third-order valence-electron chi connectivity index (χ3n) is 5.36. The first-order chi connectivity index (χ1) is 14.5. The van der Waals surface area contributed by atoms with E-state index in [0.717, 1.165) is 24.0 Å². The zero-order valence-corrected chi connectivity index (χ0v) is 17.9. The first-order valence-electron chi connectivity index (χ1n) is 10.8. The van der Waals surface area contributed by atoms with E-state index in [1.807, 2.05) is 67.3 Å². The molecule has 5 nitrogen and oxygen atoms in total. The fourth-order valence-corrected chi connectivity index (χ4v) is 3.74. The summed E-state index contributed by atoms with van der Waals surface area (Å²) in [5.41, 5.74) is 1.98. The summed E-state index contributed by atoms with van der Waals surface area (Å²) in [4.78, 5) is 27.5. The number of ether oxygens (including phenoxy) is 1. The molecule has 0 aliphatic carbocycles. The summed E-state index contributed by atoms with van der Waals surface area (Å²) in [7, 11) is 0. The van der Waals surface area contributed by atoms with Gasteiger partial charge in [-0.3, -0.25) is 9.59 Å². The van der Waals surface area contributed by atoms with Crippen LogP contribution in [0.3, 0.4) is 0 Å². The molecule has 0 radical (unpaired) electrons. The van der Waals surface area contributed by atoms with Gasteiger partial charge in [-0.15, -0.1) is 0 Å². The van der Waals surface area contributed by atoms with E-state index in [9.17, 15) is 9.59 Å². The second-order valence-corrected chi connectivity index (χ2v) is 8.33. The summed E-state index contributed by atoms with van der Waals surface area (Å²) in [5, 5.41) is 2.96. The van der Waals surface area contributed by atoms with Crippen LogP contribution in [-0.4, -0.2) is 35.9 Å². The van der Waals surface area contributed by atoms with Crippen molar-refractivity contribution < 1.29 is 14.3 Å². The van der Waals surface area contributed by atoms with E-state index in [4.69, 9.17) is 4.74 Å². The Labute approximate surface area is 179 Å². The lowest BCUT2D eigenvalue weighted by molar-refractivity contribution is -0.139. The van der Waals surface area contributed by atoms with Crippen LogP contribution in [0.2, 0.25) is 0 Å². The number of piperidine rings is 1. The van der Waals surface area contributed by atoms with Crippen molar-refractivity contribution in [2.45, 2.75) is 51.9 Å². The van der Waals surface area contributed by atoms with Crippen molar-refractivity contribution in [2.75, 3.05) is 13.1 Å². The number of benzene rings is 2. The molecular formula is C25H32N2O3. The van der Waals surface area contributed by atoms with Crippen LogP contribution in [0.1, 0.15) is 50.3 Å². The smallest absolute Gasteiger partial charge is 0.249 e. The van der Waals surface area contributed by atoms with Gasteiger partial charge in [0.2, 0.25) is 11.8 Å². The summed E-state index contributed by atoms with van der Waals surface area (Å²) in [6.07, 6.45) is 2.17. The molecule has 1 N–H and O–H groups in total.